The molecule has 7 nitrogen and oxygen atoms in total. The van der Waals surface area contributed by atoms with Crippen molar-refractivity contribution in [3.63, 3.8) is 0 Å². The molecule has 3 aromatic carbocycles. The highest BCUT2D eigenvalue weighted by Gasteiger charge is 2.17. The minimum absolute atomic E-state index is 0.334. The summed E-state index contributed by atoms with van der Waals surface area (Å²) in [6.07, 6.45) is 3.44. The highest BCUT2D eigenvalue weighted by atomic mass is 35.5. The van der Waals surface area contributed by atoms with Gasteiger partial charge in [-0.05, 0) is 54.6 Å². The predicted octanol–water partition coefficient (Wildman–Crippen LogP) is 4.73. The summed E-state index contributed by atoms with van der Waals surface area (Å²) >= 11 is 5.89. The van der Waals surface area contributed by atoms with E-state index in [2.05, 4.69) is 10.5 Å². The van der Waals surface area contributed by atoms with Crippen molar-refractivity contribution in [3.8, 4) is 28.4 Å². The van der Waals surface area contributed by atoms with Gasteiger partial charge < -0.3 is 9.47 Å². The average molecular weight is 459 g/mol. The average Bonchev–Trinajstić information content (AvgIpc) is 3.29. The van der Waals surface area contributed by atoms with Crippen LogP contribution in [0.4, 0.5) is 0 Å². The minimum atomic E-state index is -0.334. The van der Waals surface area contributed by atoms with Crippen molar-refractivity contribution in [2.45, 2.75) is 0 Å². The zero-order chi connectivity index (χ0) is 22.6. The van der Waals surface area contributed by atoms with E-state index in [1.165, 1.54) is 0 Å². The van der Waals surface area contributed by atoms with E-state index in [4.69, 9.17) is 26.2 Å². The third-order valence-electron chi connectivity index (χ3n) is 5.06. The molecular formula is C25H19ClN4O3. The van der Waals surface area contributed by atoms with Crippen molar-refractivity contribution < 1.29 is 14.3 Å². The number of halogens is 1. The molecule has 0 spiro atoms. The molecule has 0 bridgehead atoms. The second-order valence-electron chi connectivity index (χ2n) is 7.28. The summed E-state index contributed by atoms with van der Waals surface area (Å²) in [5, 5.41) is 9.48. The molecule has 0 aliphatic carbocycles. The first-order valence-electron chi connectivity index (χ1n) is 10.3. The van der Waals surface area contributed by atoms with Gasteiger partial charge in [0.1, 0.15) is 18.9 Å². The van der Waals surface area contributed by atoms with Crippen molar-refractivity contribution in [2.24, 2.45) is 5.10 Å². The van der Waals surface area contributed by atoms with Crippen LogP contribution in [0.5, 0.6) is 11.5 Å². The van der Waals surface area contributed by atoms with E-state index in [0.29, 0.717) is 41.0 Å². The number of aromatic nitrogens is 2. The highest BCUT2D eigenvalue weighted by Crippen LogP contribution is 2.35. The number of amides is 1. The maximum absolute atomic E-state index is 12.4. The molecule has 164 valence electrons. The Morgan fingerprint density at radius 1 is 1.00 bits per heavy atom. The van der Waals surface area contributed by atoms with E-state index in [1.54, 1.807) is 35.2 Å². The lowest BCUT2D eigenvalue weighted by atomic mass is 10.1. The molecule has 1 aromatic heterocycles. The fourth-order valence-corrected chi connectivity index (χ4v) is 3.56. The molecule has 0 unspecified atom stereocenters. The first-order valence-corrected chi connectivity index (χ1v) is 10.7. The maximum Gasteiger partial charge on any atom is 0.271 e. The third kappa shape index (κ3) is 4.58. The molecule has 1 N–H and O–H groups in total. The standard InChI is InChI=1S/C25H19ClN4O3/c26-20-9-6-17(7-10-20)25(31)28-27-15-19-16-30(21-4-2-1-3-5-21)29-24(19)18-8-11-22-23(14-18)33-13-12-32-22/h1-11,14-16H,12-13H2,(H,28,31)/b27-15-. The predicted molar refractivity (Wildman–Crippen MR) is 127 cm³/mol. The quantitative estimate of drug-likeness (QED) is 0.346. The number of benzene rings is 3. The fraction of sp³-hybridized carbons (Fsp3) is 0.0800. The number of para-hydroxylation sites is 1. The molecule has 0 atom stereocenters. The van der Waals surface area contributed by atoms with Crippen molar-refractivity contribution in [1.29, 1.82) is 0 Å². The first-order chi connectivity index (χ1) is 16.2. The van der Waals surface area contributed by atoms with E-state index in [0.717, 1.165) is 16.8 Å². The Kier molecular flexibility index (Phi) is 5.78. The molecule has 0 saturated heterocycles. The van der Waals surface area contributed by atoms with Crippen LogP contribution in [-0.4, -0.2) is 35.1 Å². The Bertz CT molecular complexity index is 1320. The topological polar surface area (TPSA) is 77.7 Å². The SMILES string of the molecule is O=C(N/N=C\c1cn(-c2ccccc2)nc1-c1ccc2c(c1)OCCO2)c1ccc(Cl)cc1. The summed E-state index contributed by atoms with van der Waals surface area (Å²) in [6, 6.07) is 22.1. The summed E-state index contributed by atoms with van der Waals surface area (Å²) in [7, 11) is 0. The number of fused-ring (bicyclic) bond motifs is 1. The van der Waals surface area contributed by atoms with Gasteiger partial charge >= 0.3 is 0 Å². The van der Waals surface area contributed by atoms with Crippen molar-refractivity contribution in [2.75, 3.05) is 13.2 Å². The van der Waals surface area contributed by atoms with Crippen molar-refractivity contribution in [1.82, 2.24) is 15.2 Å². The Balaban J connectivity index is 1.46. The lowest BCUT2D eigenvalue weighted by Gasteiger charge is -2.18. The van der Waals surface area contributed by atoms with E-state index >= 15 is 0 Å². The van der Waals surface area contributed by atoms with Crippen LogP contribution in [0.25, 0.3) is 16.9 Å². The van der Waals surface area contributed by atoms with E-state index in [-0.39, 0.29) is 5.91 Å². The van der Waals surface area contributed by atoms with Crippen LogP contribution in [0, 0.1) is 0 Å². The molecule has 8 heteroatoms. The summed E-state index contributed by atoms with van der Waals surface area (Å²) in [5.41, 5.74) is 6.19. The van der Waals surface area contributed by atoms with Crippen LogP contribution in [0.2, 0.25) is 5.02 Å². The Morgan fingerprint density at radius 3 is 2.55 bits per heavy atom. The lowest BCUT2D eigenvalue weighted by Crippen LogP contribution is -2.17. The molecule has 5 rings (SSSR count). The fourth-order valence-electron chi connectivity index (χ4n) is 3.44. The van der Waals surface area contributed by atoms with Gasteiger partial charge in [-0.25, -0.2) is 10.1 Å². The molecule has 0 radical (unpaired) electrons. The molecule has 0 fully saturated rings. The van der Waals surface area contributed by atoms with Crippen LogP contribution in [0.15, 0.2) is 84.1 Å². The van der Waals surface area contributed by atoms with Gasteiger partial charge in [-0.3, -0.25) is 4.79 Å². The largest absolute Gasteiger partial charge is 0.486 e. The Morgan fingerprint density at radius 2 is 1.76 bits per heavy atom. The number of nitrogens with zero attached hydrogens (tertiary/aromatic N) is 3. The first kappa shape index (κ1) is 20.8. The number of hydrogen-bond donors (Lipinski definition) is 1. The van der Waals surface area contributed by atoms with Crippen LogP contribution in [0.1, 0.15) is 15.9 Å². The van der Waals surface area contributed by atoms with Crippen LogP contribution in [-0.2, 0) is 0 Å². The smallest absolute Gasteiger partial charge is 0.271 e. The highest BCUT2D eigenvalue weighted by molar-refractivity contribution is 6.30. The zero-order valence-electron chi connectivity index (χ0n) is 17.4. The molecule has 2 heterocycles. The summed E-state index contributed by atoms with van der Waals surface area (Å²) in [4.78, 5) is 12.4. The maximum atomic E-state index is 12.4. The van der Waals surface area contributed by atoms with Gasteiger partial charge in [-0.15, -0.1) is 0 Å². The number of hydrazone groups is 1. The van der Waals surface area contributed by atoms with Crippen molar-refractivity contribution >= 4 is 23.7 Å². The zero-order valence-corrected chi connectivity index (χ0v) is 18.2. The number of carbonyl (C=O) groups excluding carboxylic acids is 1. The van der Waals surface area contributed by atoms with Gasteiger partial charge in [0, 0.05) is 27.9 Å². The molecule has 4 aromatic rings. The van der Waals surface area contributed by atoms with Crippen LogP contribution >= 0.6 is 11.6 Å². The summed E-state index contributed by atoms with van der Waals surface area (Å²) in [5.74, 6) is 1.05. The van der Waals surface area contributed by atoms with E-state index < -0.39 is 0 Å². The van der Waals surface area contributed by atoms with Gasteiger partial charge in [0.2, 0.25) is 0 Å². The lowest BCUT2D eigenvalue weighted by molar-refractivity contribution is 0.0955. The molecule has 1 aliphatic heterocycles. The van der Waals surface area contributed by atoms with Gasteiger partial charge in [0.25, 0.3) is 5.91 Å². The monoisotopic (exact) mass is 458 g/mol. The van der Waals surface area contributed by atoms with Gasteiger partial charge in [0.05, 0.1) is 11.9 Å². The van der Waals surface area contributed by atoms with Crippen LogP contribution < -0.4 is 14.9 Å². The second-order valence-corrected chi connectivity index (χ2v) is 7.71. The number of carbonyl (C=O) groups is 1. The van der Waals surface area contributed by atoms with Gasteiger partial charge in [-0.1, -0.05) is 29.8 Å². The number of hydrogen-bond acceptors (Lipinski definition) is 5. The third-order valence-corrected chi connectivity index (χ3v) is 5.31. The number of ether oxygens (including phenoxy) is 2. The van der Waals surface area contributed by atoms with Gasteiger partial charge in [-0.2, -0.15) is 10.2 Å². The Hall–Kier alpha value is -4.10. The van der Waals surface area contributed by atoms with E-state index in [9.17, 15) is 4.79 Å². The molecular weight excluding hydrogens is 440 g/mol. The Labute approximate surface area is 195 Å². The molecule has 1 amide bonds. The second kappa shape index (κ2) is 9.18. The normalized spacial score (nSPS) is 12.6. The van der Waals surface area contributed by atoms with Gasteiger partial charge in [0.15, 0.2) is 11.5 Å². The number of nitrogens with one attached hydrogen (secondary N) is 1. The van der Waals surface area contributed by atoms with Crippen molar-refractivity contribution in [3.05, 3.63) is 95.1 Å². The molecule has 1 aliphatic rings. The summed E-state index contributed by atoms with van der Waals surface area (Å²) in [6.45, 7) is 1.03. The number of rotatable bonds is 5. The molecule has 0 saturated carbocycles. The minimum Gasteiger partial charge on any atom is -0.486 e. The van der Waals surface area contributed by atoms with E-state index in [1.807, 2.05) is 54.7 Å². The van der Waals surface area contributed by atoms with Crippen LogP contribution in [0.3, 0.4) is 0 Å². The molecule has 33 heavy (non-hydrogen) atoms. The summed E-state index contributed by atoms with van der Waals surface area (Å²) < 4.78 is 13.1.